The molecular formula is C8H14O2. The Bertz CT molecular complexity index is 118. The standard InChI is InChI=1S/C6H8O2.C2H6/c1-3-5(7)6(8)4-2;1-2/h3-4,7-8H,1-2H2;1-2H3/b6-5-;. The largest absolute Gasteiger partial charge is 0.504 e. The van der Waals surface area contributed by atoms with Crippen molar-refractivity contribution in [1.29, 1.82) is 0 Å². The third kappa shape index (κ3) is 4.97. The first kappa shape index (κ1) is 11.6. The molecule has 0 unspecified atom stereocenters. The monoisotopic (exact) mass is 142 g/mol. The smallest absolute Gasteiger partial charge is 0.156 e. The lowest BCUT2D eigenvalue weighted by molar-refractivity contribution is 0.352. The van der Waals surface area contributed by atoms with Crippen LogP contribution in [0.1, 0.15) is 13.8 Å². The van der Waals surface area contributed by atoms with Gasteiger partial charge in [-0.05, 0) is 12.2 Å². The number of rotatable bonds is 2. The Morgan fingerprint density at radius 3 is 1.30 bits per heavy atom. The number of hydrogen-bond acceptors (Lipinski definition) is 2. The summed E-state index contributed by atoms with van der Waals surface area (Å²) in [5, 5.41) is 17.1. The van der Waals surface area contributed by atoms with Crippen molar-refractivity contribution in [1.82, 2.24) is 0 Å². The van der Waals surface area contributed by atoms with Crippen LogP contribution in [0.15, 0.2) is 36.8 Å². The molecule has 10 heavy (non-hydrogen) atoms. The van der Waals surface area contributed by atoms with E-state index in [0.717, 1.165) is 12.2 Å². The van der Waals surface area contributed by atoms with Gasteiger partial charge in [0.15, 0.2) is 11.5 Å². The van der Waals surface area contributed by atoms with Crippen molar-refractivity contribution in [2.75, 3.05) is 0 Å². The quantitative estimate of drug-likeness (QED) is 0.459. The molecule has 0 aliphatic heterocycles. The topological polar surface area (TPSA) is 40.5 Å². The van der Waals surface area contributed by atoms with Crippen molar-refractivity contribution in [3.8, 4) is 0 Å². The van der Waals surface area contributed by atoms with E-state index < -0.39 is 0 Å². The van der Waals surface area contributed by atoms with Crippen molar-refractivity contribution in [2.24, 2.45) is 0 Å². The van der Waals surface area contributed by atoms with Crippen molar-refractivity contribution >= 4 is 0 Å². The van der Waals surface area contributed by atoms with E-state index >= 15 is 0 Å². The zero-order valence-corrected chi connectivity index (χ0v) is 6.46. The molecule has 0 atom stereocenters. The highest BCUT2D eigenvalue weighted by molar-refractivity contribution is 5.18. The summed E-state index contributed by atoms with van der Waals surface area (Å²) in [6.07, 6.45) is 2.27. The molecule has 0 amide bonds. The first-order valence-corrected chi connectivity index (χ1v) is 3.09. The minimum absolute atomic E-state index is 0.250. The zero-order chi connectivity index (χ0) is 8.57. The Kier molecular flexibility index (Phi) is 9.07. The van der Waals surface area contributed by atoms with Crippen LogP contribution >= 0.6 is 0 Å². The number of aliphatic hydroxyl groups excluding tert-OH is 2. The molecule has 0 radical (unpaired) electrons. The highest BCUT2D eigenvalue weighted by Crippen LogP contribution is 1.96. The van der Waals surface area contributed by atoms with E-state index in [1.807, 2.05) is 13.8 Å². The summed E-state index contributed by atoms with van der Waals surface area (Å²) in [6.45, 7) is 10.4. The molecule has 2 N–H and O–H groups in total. The van der Waals surface area contributed by atoms with Gasteiger partial charge in [0.1, 0.15) is 0 Å². The average molecular weight is 142 g/mol. The summed E-state index contributed by atoms with van der Waals surface area (Å²) in [4.78, 5) is 0. The van der Waals surface area contributed by atoms with Gasteiger partial charge < -0.3 is 10.2 Å². The highest BCUT2D eigenvalue weighted by Gasteiger charge is 1.89. The molecule has 0 rings (SSSR count). The maximum atomic E-state index is 8.57. The van der Waals surface area contributed by atoms with Crippen molar-refractivity contribution in [3.63, 3.8) is 0 Å². The van der Waals surface area contributed by atoms with Crippen LogP contribution in [0.3, 0.4) is 0 Å². The average Bonchev–Trinajstić information content (AvgIpc) is 2.05. The lowest BCUT2D eigenvalue weighted by Gasteiger charge is -1.90. The summed E-state index contributed by atoms with van der Waals surface area (Å²) in [6, 6.07) is 0. The van der Waals surface area contributed by atoms with E-state index in [1.54, 1.807) is 0 Å². The third-order valence-electron chi connectivity index (χ3n) is 0.649. The lowest BCUT2D eigenvalue weighted by Crippen LogP contribution is -1.80. The minimum Gasteiger partial charge on any atom is -0.504 e. The van der Waals surface area contributed by atoms with Gasteiger partial charge in [0.2, 0.25) is 0 Å². The van der Waals surface area contributed by atoms with Gasteiger partial charge in [-0.3, -0.25) is 0 Å². The molecule has 58 valence electrons. The summed E-state index contributed by atoms with van der Waals surface area (Å²) in [5.74, 6) is -0.500. The molecular weight excluding hydrogens is 128 g/mol. The summed E-state index contributed by atoms with van der Waals surface area (Å²) in [7, 11) is 0. The fourth-order valence-electron chi connectivity index (χ4n) is 0.209. The van der Waals surface area contributed by atoms with E-state index in [-0.39, 0.29) is 11.5 Å². The van der Waals surface area contributed by atoms with Gasteiger partial charge in [0.05, 0.1) is 0 Å². The molecule has 0 aliphatic carbocycles. The molecule has 0 aromatic carbocycles. The minimum atomic E-state index is -0.250. The SMILES string of the molecule is C=C/C(O)=C(/O)C=C.CC. The molecule has 0 aromatic rings. The van der Waals surface area contributed by atoms with Crippen molar-refractivity contribution in [3.05, 3.63) is 36.8 Å². The molecule has 0 aliphatic rings. The number of hydrogen-bond donors (Lipinski definition) is 2. The molecule has 0 bridgehead atoms. The zero-order valence-electron chi connectivity index (χ0n) is 6.46. The van der Waals surface area contributed by atoms with Crippen LogP contribution in [0.25, 0.3) is 0 Å². The van der Waals surface area contributed by atoms with Crippen LogP contribution in [0, 0.1) is 0 Å². The predicted molar refractivity (Wildman–Crippen MR) is 44.0 cm³/mol. The van der Waals surface area contributed by atoms with Crippen LogP contribution < -0.4 is 0 Å². The third-order valence-corrected chi connectivity index (χ3v) is 0.649. The first-order valence-electron chi connectivity index (χ1n) is 3.09. The van der Waals surface area contributed by atoms with E-state index in [2.05, 4.69) is 13.2 Å². The summed E-state index contributed by atoms with van der Waals surface area (Å²) < 4.78 is 0. The second-order valence-electron chi connectivity index (χ2n) is 1.18. The molecule has 2 heteroatoms. The van der Waals surface area contributed by atoms with E-state index in [0.29, 0.717) is 0 Å². The van der Waals surface area contributed by atoms with Crippen molar-refractivity contribution in [2.45, 2.75) is 13.8 Å². The van der Waals surface area contributed by atoms with Crippen LogP contribution in [0.2, 0.25) is 0 Å². The molecule has 0 aromatic heterocycles. The lowest BCUT2D eigenvalue weighted by atomic mass is 10.4. The molecule has 0 saturated carbocycles. The van der Waals surface area contributed by atoms with Crippen LogP contribution in [0.5, 0.6) is 0 Å². The van der Waals surface area contributed by atoms with Gasteiger partial charge in [0, 0.05) is 0 Å². The first-order chi connectivity index (χ1) is 4.72. The van der Waals surface area contributed by atoms with E-state index in [1.165, 1.54) is 0 Å². The summed E-state index contributed by atoms with van der Waals surface area (Å²) in [5.41, 5.74) is 0. The van der Waals surface area contributed by atoms with Gasteiger partial charge in [-0.15, -0.1) is 0 Å². The van der Waals surface area contributed by atoms with Gasteiger partial charge in [0.25, 0.3) is 0 Å². The second kappa shape index (κ2) is 7.82. The van der Waals surface area contributed by atoms with Crippen LogP contribution in [-0.4, -0.2) is 10.2 Å². The normalized spacial score (nSPS) is 10.2. The van der Waals surface area contributed by atoms with Crippen molar-refractivity contribution < 1.29 is 10.2 Å². The maximum absolute atomic E-state index is 8.57. The van der Waals surface area contributed by atoms with Gasteiger partial charge in [-0.1, -0.05) is 27.0 Å². The highest BCUT2D eigenvalue weighted by atomic mass is 16.3. The van der Waals surface area contributed by atoms with E-state index in [9.17, 15) is 0 Å². The fourth-order valence-corrected chi connectivity index (χ4v) is 0.209. The molecule has 2 nitrogen and oxygen atoms in total. The molecule has 0 fully saturated rings. The second-order valence-corrected chi connectivity index (χ2v) is 1.18. The Morgan fingerprint density at radius 2 is 1.20 bits per heavy atom. The Hall–Kier alpha value is -1.18. The van der Waals surface area contributed by atoms with Gasteiger partial charge in [-0.2, -0.15) is 0 Å². The summed E-state index contributed by atoms with van der Waals surface area (Å²) >= 11 is 0. The Balaban J connectivity index is 0. The van der Waals surface area contributed by atoms with Gasteiger partial charge in [-0.25, -0.2) is 0 Å². The number of aliphatic hydroxyl groups is 2. The van der Waals surface area contributed by atoms with Crippen LogP contribution in [0.4, 0.5) is 0 Å². The molecule has 0 saturated heterocycles. The predicted octanol–water partition coefficient (Wildman–Crippen LogP) is 2.71. The van der Waals surface area contributed by atoms with Gasteiger partial charge >= 0.3 is 0 Å². The maximum Gasteiger partial charge on any atom is 0.156 e. The Labute approximate surface area is 61.8 Å². The fraction of sp³-hybridized carbons (Fsp3) is 0.250. The Morgan fingerprint density at radius 1 is 1.00 bits per heavy atom. The van der Waals surface area contributed by atoms with Crippen LogP contribution in [-0.2, 0) is 0 Å². The van der Waals surface area contributed by atoms with E-state index in [4.69, 9.17) is 10.2 Å². The molecule has 0 heterocycles. The number of allylic oxidation sites excluding steroid dienone is 2. The molecule has 0 spiro atoms.